The van der Waals surface area contributed by atoms with Crippen LogP contribution in [0.5, 0.6) is 0 Å². The highest BCUT2D eigenvalue weighted by atomic mass is 16.6. The molecular weight excluding hydrogens is 310 g/mol. The summed E-state index contributed by atoms with van der Waals surface area (Å²) in [5.41, 5.74) is 1.54. The first-order valence-corrected chi connectivity index (χ1v) is 7.18. The summed E-state index contributed by atoms with van der Waals surface area (Å²) in [6.45, 7) is 0. The van der Waals surface area contributed by atoms with Gasteiger partial charge in [0.1, 0.15) is 23.7 Å². The maximum atomic E-state index is 10.9. The van der Waals surface area contributed by atoms with Crippen molar-refractivity contribution in [3.05, 3.63) is 82.4 Å². The Morgan fingerprint density at radius 1 is 1.12 bits per heavy atom. The summed E-state index contributed by atoms with van der Waals surface area (Å²) in [5, 5.41) is 22.9. The second kappa shape index (κ2) is 5.58. The molecule has 1 atom stereocenters. The lowest BCUT2D eigenvalue weighted by atomic mass is 10.0. The summed E-state index contributed by atoms with van der Waals surface area (Å²) in [7, 11) is 0. The van der Waals surface area contributed by atoms with Crippen molar-refractivity contribution in [1.82, 2.24) is 20.2 Å². The fourth-order valence-electron chi connectivity index (χ4n) is 2.67. The average molecular weight is 321 g/mol. The Bertz CT molecular complexity index is 995. The second-order valence-electron chi connectivity index (χ2n) is 5.23. The van der Waals surface area contributed by atoms with E-state index in [2.05, 4.69) is 15.5 Å². The molecule has 0 spiro atoms. The minimum absolute atomic E-state index is 0.0218. The molecule has 8 heteroatoms. The SMILES string of the molecule is O=[N+]([O-])c1ccc2oc(C(c3ccccc3)n3cnnn3)cc2c1. The number of benzene rings is 2. The standard InChI is InChI=1S/C16H11N5O3/c22-21(23)13-6-7-14-12(8-13)9-15(24-14)16(20-10-17-18-19-20)11-4-2-1-3-5-11/h1-10,16H. The minimum Gasteiger partial charge on any atom is -0.458 e. The summed E-state index contributed by atoms with van der Waals surface area (Å²) >= 11 is 0. The van der Waals surface area contributed by atoms with Crippen LogP contribution in [0.1, 0.15) is 17.4 Å². The van der Waals surface area contributed by atoms with E-state index in [9.17, 15) is 10.1 Å². The first-order chi connectivity index (χ1) is 11.7. The molecule has 0 aliphatic heterocycles. The monoisotopic (exact) mass is 321 g/mol. The second-order valence-corrected chi connectivity index (χ2v) is 5.23. The molecule has 2 heterocycles. The highest BCUT2D eigenvalue weighted by Crippen LogP contribution is 2.32. The van der Waals surface area contributed by atoms with Gasteiger partial charge in [-0.3, -0.25) is 10.1 Å². The number of fused-ring (bicyclic) bond motifs is 1. The Balaban J connectivity index is 1.87. The minimum atomic E-state index is -0.428. The third kappa shape index (κ3) is 2.39. The highest BCUT2D eigenvalue weighted by molar-refractivity contribution is 5.80. The van der Waals surface area contributed by atoms with Gasteiger partial charge < -0.3 is 4.42 Å². The summed E-state index contributed by atoms with van der Waals surface area (Å²) in [4.78, 5) is 10.5. The zero-order chi connectivity index (χ0) is 16.5. The van der Waals surface area contributed by atoms with E-state index < -0.39 is 4.92 Å². The van der Waals surface area contributed by atoms with Gasteiger partial charge in [-0.1, -0.05) is 30.3 Å². The number of furan rings is 1. The number of non-ortho nitro benzene ring substituents is 1. The van der Waals surface area contributed by atoms with Gasteiger partial charge in [0.2, 0.25) is 0 Å². The normalized spacial score (nSPS) is 12.3. The molecule has 2 aromatic heterocycles. The van der Waals surface area contributed by atoms with Crippen LogP contribution in [0.25, 0.3) is 11.0 Å². The van der Waals surface area contributed by atoms with Crippen LogP contribution in [0.4, 0.5) is 5.69 Å². The van der Waals surface area contributed by atoms with E-state index in [0.29, 0.717) is 16.7 Å². The van der Waals surface area contributed by atoms with Crippen molar-refractivity contribution < 1.29 is 9.34 Å². The third-order valence-corrected chi connectivity index (χ3v) is 3.74. The molecule has 0 N–H and O–H groups in total. The van der Waals surface area contributed by atoms with Gasteiger partial charge in [0.25, 0.3) is 5.69 Å². The van der Waals surface area contributed by atoms with Gasteiger partial charge in [-0.2, -0.15) is 0 Å². The molecule has 0 saturated heterocycles. The number of nitro benzene ring substituents is 1. The van der Waals surface area contributed by atoms with Gasteiger partial charge in [-0.15, -0.1) is 5.10 Å². The highest BCUT2D eigenvalue weighted by Gasteiger charge is 2.22. The maximum absolute atomic E-state index is 10.9. The van der Waals surface area contributed by atoms with Crippen molar-refractivity contribution in [2.75, 3.05) is 0 Å². The van der Waals surface area contributed by atoms with E-state index in [1.165, 1.54) is 18.5 Å². The fraction of sp³-hybridized carbons (Fsp3) is 0.0625. The molecule has 0 amide bonds. The van der Waals surface area contributed by atoms with Crippen LogP contribution >= 0.6 is 0 Å². The number of nitro groups is 1. The zero-order valence-corrected chi connectivity index (χ0v) is 12.3. The maximum Gasteiger partial charge on any atom is 0.270 e. The molecule has 0 saturated carbocycles. The lowest BCUT2D eigenvalue weighted by Crippen LogP contribution is -2.12. The van der Waals surface area contributed by atoms with Crippen molar-refractivity contribution in [2.45, 2.75) is 6.04 Å². The van der Waals surface area contributed by atoms with Gasteiger partial charge in [0.05, 0.1) is 4.92 Å². The molecule has 4 aromatic rings. The first kappa shape index (κ1) is 14.1. The van der Waals surface area contributed by atoms with Crippen molar-refractivity contribution in [3.63, 3.8) is 0 Å². The lowest BCUT2D eigenvalue weighted by Gasteiger charge is -2.13. The largest absolute Gasteiger partial charge is 0.458 e. The summed E-state index contributed by atoms with van der Waals surface area (Å²) in [6, 6.07) is 15.6. The van der Waals surface area contributed by atoms with Crippen LogP contribution in [0, 0.1) is 10.1 Å². The molecule has 0 aliphatic rings. The van der Waals surface area contributed by atoms with E-state index in [0.717, 1.165) is 5.56 Å². The quantitative estimate of drug-likeness (QED) is 0.423. The molecule has 4 rings (SSSR count). The summed E-state index contributed by atoms with van der Waals surface area (Å²) < 4.78 is 7.49. The van der Waals surface area contributed by atoms with Crippen LogP contribution in [-0.4, -0.2) is 25.1 Å². The van der Waals surface area contributed by atoms with E-state index >= 15 is 0 Å². The number of hydrogen-bond donors (Lipinski definition) is 0. The topological polar surface area (TPSA) is 99.9 Å². The van der Waals surface area contributed by atoms with Gasteiger partial charge in [-0.25, -0.2) is 4.68 Å². The van der Waals surface area contributed by atoms with Crippen molar-refractivity contribution in [2.24, 2.45) is 0 Å². The molecule has 2 aromatic carbocycles. The molecule has 118 valence electrons. The van der Waals surface area contributed by atoms with Crippen molar-refractivity contribution >= 4 is 16.7 Å². The molecule has 0 radical (unpaired) electrons. The number of nitrogens with zero attached hydrogens (tertiary/aromatic N) is 5. The van der Waals surface area contributed by atoms with Crippen LogP contribution in [0.3, 0.4) is 0 Å². The molecule has 8 nitrogen and oxygen atoms in total. The molecule has 24 heavy (non-hydrogen) atoms. The summed E-state index contributed by atoms with van der Waals surface area (Å²) in [5.74, 6) is 0.601. The smallest absolute Gasteiger partial charge is 0.270 e. The average Bonchev–Trinajstić information content (AvgIpc) is 3.25. The van der Waals surface area contributed by atoms with E-state index in [4.69, 9.17) is 4.42 Å². The molecule has 0 aliphatic carbocycles. The van der Waals surface area contributed by atoms with E-state index in [-0.39, 0.29) is 11.7 Å². The number of rotatable bonds is 4. The number of hydrogen-bond acceptors (Lipinski definition) is 6. The molecular formula is C16H11N5O3. The van der Waals surface area contributed by atoms with Crippen molar-refractivity contribution in [3.8, 4) is 0 Å². The number of tetrazole rings is 1. The zero-order valence-electron chi connectivity index (χ0n) is 12.3. The van der Waals surface area contributed by atoms with Gasteiger partial charge in [0.15, 0.2) is 0 Å². The van der Waals surface area contributed by atoms with Crippen LogP contribution in [-0.2, 0) is 0 Å². The van der Waals surface area contributed by atoms with Gasteiger partial charge >= 0.3 is 0 Å². The van der Waals surface area contributed by atoms with Crippen LogP contribution in [0.15, 0.2) is 65.3 Å². The third-order valence-electron chi connectivity index (χ3n) is 3.74. The number of aromatic nitrogens is 4. The van der Waals surface area contributed by atoms with E-state index in [1.54, 1.807) is 16.8 Å². The molecule has 0 bridgehead atoms. The Kier molecular flexibility index (Phi) is 3.27. The Morgan fingerprint density at radius 2 is 1.96 bits per heavy atom. The summed E-state index contributed by atoms with van der Waals surface area (Å²) in [6.07, 6.45) is 1.51. The molecule has 1 unspecified atom stereocenters. The molecule has 0 fully saturated rings. The lowest BCUT2D eigenvalue weighted by molar-refractivity contribution is -0.384. The Morgan fingerprint density at radius 3 is 2.67 bits per heavy atom. The predicted molar refractivity (Wildman–Crippen MR) is 84.4 cm³/mol. The van der Waals surface area contributed by atoms with Crippen molar-refractivity contribution in [1.29, 1.82) is 0 Å². The fourth-order valence-corrected chi connectivity index (χ4v) is 2.67. The first-order valence-electron chi connectivity index (χ1n) is 7.18. The Hall–Kier alpha value is -3.55. The van der Waals surface area contributed by atoms with E-state index in [1.807, 2.05) is 30.3 Å². The van der Waals surface area contributed by atoms with Crippen LogP contribution < -0.4 is 0 Å². The van der Waals surface area contributed by atoms with Crippen LogP contribution in [0.2, 0.25) is 0 Å². The Labute approximate surface area is 135 Å². The van der Waals surface area contributed by atoms with Gasteiger partial charge in [0, 0.05) is 17.5 Å². The predicted octanol–water partition coefficient (Wildman–Crippen LogP) is 2.97. The van der Waals surface area contributed by atoms with Gasteiger partial charge in [-0.05, 0) is 28.1 Å².